The highest BCUT2D eigenvalue weighted by Gasteiger charge is 2.38. The maximum atomic E-state index is 14.1. The SMILES string of the molecule is COc1cccc(OC2CCC(N(C(=O)C3CCC(C)CC3)c3cc(C(C)(C)C)sc3C(=O)O)CC2)n1. The molecule has 1 N–H and O–H groups in total. The molecule has 4 rings (SSSR count). The van der Waals surface area contributed by atoms with Gasteiger partial charge in [0.2, 0.25) is 17.7 Å². The molecule has 0 atom stereocenters. The number of carboxylic acids is 1. The summed E-state index contributed by atoms with van der Waals surface area (Å²) in [4.78, 5) is 33.9. The number of rotatable bonds is 7. The van der Waals surface area contributed by atoms with Crippen molar-refractivity contribution in [2.75, 3.05) is 12.0 Å². The monoisotopic (exact) mass is 528 g/mol. The van der Waals surface area contributed by atoms with Gasteiger partial charge in [-0.1, -0.05) is 33.8 Å². The van der Waals surface area contributed by atoms with Gasteiger partial charge in [-0.25, -0.2) is 4.79 Å². The van der Waals surface area contributed by atoms with Crippen LogP contribution in [-0.2, 0) is 10.2 Å². The Labute approximate surface area is 224 Å². The molecule has 2 fully saturated rings. The predicted octanol–water partition coefficient (Wildman–Crippen LogP) is 6.70. The number of anilines is 1. The largest absolute Gasteiger partial charge is 0.481 e. The van der Waals surface area contributed by atoms with E-state index in [4.69, 9.17) is 9.47 Å². The highest BCUT2D eigenvalue weighted by molar-refractivity contribution is 7.14. The maximum absolute atomic E-state index is 14.1. The second-order valence-corrected chi connectivity index (χ2v) is 12.7. The summed E-state index contributed by atoms with van der Waals surface area (Å²) >= 11 is 1.30. The van der Waals surface area contributed by atoms with Crippen LogP contribution in [0.5, 0.6) is 11.8 Å². The van der Waals surface area contributed by atoms with E-state index in [9.17, 15) is 14.7 Å². The van der Waals surface area contributed by atoms with Crippen LogP contribution in [0.4, 0.5) is 5.69 Å². The van der Waals surface area contributed by atoms with E-state index < -0.39 is 5.97 Å². The van der Waals surface area contributed by atoms with Crippen LogP contribution < -0.4 is 14.4 Å². The number of methoxy groups -OCH3 is 1. The third-order valence-electron chi connectivity index (χ3n) is 7.71. The van der Waals surface area contributed by atoms with Gasteiger partial charge < -0.3 is 19.5 Å². The lowest BCUT2D eigenvalue weighted by atomic mass is 9.81. The summed E-state index contributed by atoms with van der Waals surface area (Å²) in [6.07, 6.45) is 6.87. The normalized spacial score (nSPS) is 24.4. The van der Waals surface area contributed by atoms with E-state index in [1.807, 2.05) is 23.1 Å². The first kappa shape index (κ1) is 27.4. The summed E-state index contributed by atoms with van der Waals surface area (Å²) in [5, 5.41) is 10.1. The van der Waals surface area contributed by atoms with Crippen molar-refractivity contribution in [1.82, 2.24) is 4.98 Å². The summed E-state index contributed by atoms with van der Waals surface area (Å²) < 4.78 is 11.4. The van der Waals surface area contributed by atoms with E-state index in [1.54, 1.807) is 13.2 Å². The number of aromatic nitrogens is 1. The van der Waals surface area contributed by atoms with E-state index in [0.29, 0.717) is 23.4 Å². The summed E-state index contributed by atoms with van der Waals surface area (Å²) in [5.74, 6) is 0.758. The van der Waals surface area contributed by atoms with Crippen molar-refractivity contribution in [2.45, 2.75) is 96.6 Å². The summed E-state index contributed by atoms with van der Waals surface area (Å²) in [6, 6.07) is 7.37. The number of carbonyl (C=O) groups is 2. The topological polar surface area (TPSA) is 89.0 Å². The van der Waals surface area contributed by atoms with Crippen LogP contribution in [0.15, 0.2) is 24.3 Å². The Bertz CT molecular complexity index is 1090. The van der Waals surface area contributed by atoms with Crippen molar-refractivity contribution in [3.05, 3.63) is 34.0 Å². The Hall–Kier alpha value is -2.61. The average Bonchev–Trinajstić information content (AvgIpc) is 3.32. The van der Waals surface area contributed by atoms with Gasteiger partial charge in [-0.2, -0.15) is 4.98 Å². The first-order valence-electron chi connectivity index (χ1n) is 13.4. The quantitative estimate of drug-likeness (QED) is 0.430. The highest BCUT2D eigenvalue weighted by atomic mass is 32.1. The lowest BCUT2D eigenvalue weighted by Gasteiger charge is -2.39. The molecule has 1 amide bonds. The summed E-state index contributed by atoms with van der Waals surface area (Å²) in [6.45, 7) is 8.49. The number of amides is 1. The van der Waals surface area contributed by atoms with Gasteiger partial charge in [0.05, 0.1) is 12.8 Å². The molecular weight excluding hydrogens is 488 g/mol. The number of hydrogen-bond donors (Lipinski definition) is 1. The molecule has 2 aromatic rings. The Morgan fingerprint density at radius 2 is 1.68 bits per heavy atom. The number of nitrogens with zero attached hydrogens (tertiary/aromatic N) is 2. The van der Waals surface area contributed by atoms with Crippen LogP contribution in [0.2, 0.25) is 0 Å². The van der Waals surface area contributed by atoms with Gasteiger partial charge in [-0.15, -0.1) is 11.3 Å². The van der Waals surface area contributed by atoms with Crippen LogP contribution in [-0.4, -0.2) is 41.2 Å². The van der Waals surface area contributed by atoms with Gasteiger partial charge in [0.1, 0.15) is 11.0 Å². The Balaban J connectivity index is 1.58. The molecule has 2 saturated carbocycles. The Morgan fingerprint density at radius 1 is 1.03 bits per heavy atom. The lowest BCUT2D eigenvalue weighted by Crippen LogP contribution is -2.47. The fourth-order valence-electron chi connectivity index (χ4n) is 5.45. The zero-order valence-corrected chi connectivity index (χ0v) is 23.5. The zero-order chi connectivity index (χ0) is 26.7. The minimum atomic E-state index is -0.966. The van der Waals surface area contributed by atoms with Crippen molar-refractivity contribution in [3.63, 3.8) is 0 Å². The van der Waals surface area contributed by atoms with Gasteiger partial charge in [0.25, 0.3) is 0 Å². The molecular formula is C29H40N2O5S. The Morgan fingerprint density at radius 3 is 2.27 bits per heavy atom. The third-order valence-corrected chi connectivity index (χ3v) is 9.25. The molecule has 202 valence electrons. The van der Waals surface area contributed by atoms with Gasteiger partial charge in [-0.05, 0) is 68.8 Å². The number of thiophene rings is 1. The third kappa shape index (κ3) is 6.46. The van der Waals surface area contributed by atoms with Crippen molar-refractivity contribution in [3.8, 4) is 11.8 Å². The van der Waals surface area contributed by atoms with Crippen molar-refractivity contribution in [2.24, 2.45) is 11.8 Å². The molecule has 2 aliphatic rings. The first-order valence-corrected chi connectivity index (χ1v) is 14.3. The molecule has 0 saturated heterocycles. The second kappa shape index (κ2) is 11.4. The molecule has 37 heavy (non-hydrogen) atoms. The Kier molecular flexibility index (Phi) is 8.46. The molecule has 0 aromatic carbocycles. The minimum Gasteiger partial charge on any atom is -0.481 e. The molecule has 0 bridgehead atoms. The minimum absolute atomic E-state index is 0.00473. The molecule has 0 spiro atoms. The molecule has 0 radical (unpaired) electrons. The van der Waals surface area contributed by atoms with Crippen molar-refractivity contribution < 1.29 is 24.2 Å². The van der Waals surface area contributed by atoms with Crippen molar-refractivity contribution in [1.29, 1.82) is 0 Å². The molecule has 0 unspecified atom stereocenters. The van der Waals surface area contributed by atoms with E-state index in [0.717, 1.165) is 56.2 Å². The van der Waals surface area contributed by atoms with E-state index in [2.05, 4.69) is 32.7 Å². The molecule has 8 heteroatoms. The zero-order valence-electron chi connectivity index (χ0n) is 22.7. The van der Waals surface area contributed by atoms with E-state index in [-0.39, 0.29) is 34.3 Å². The molecule has 2 heterocycles. The number of carbonyl (C=O) groups excluding carboxylic acids is 1. The summed E-state index contributed by atoms with van der Waals surface area (Å²) in [7, 11) is 1.58. The van der Waals surface area contributed by atoms with Crippen LogP contribution in [0.25, 0.3) is 0 Å². The molecule has 0 aliphatic heterocycles. The van der Waals surface area contributed by atoms with Crippen LogP contribution in [0.3, 0.4) is 0 Å². The van der Waals surface area contributed by atoms with Crippen LogP contribution >= 0.6 is 11.3 Å². The predicted molar refractivity (Wildman–Crippen MR) is 146 cm³/mol. The number of ether oxygens (including phenoxy) is 2. The number of pyridine rings is 1. The first-order chi connectivity index (χ1) is 17.6. The van der Waals surface area contributed by atoms with Gasteiger partial charge >= 0.3 is 5.97 Å². The van der Waals surface area contributed by atoms with Crippen LogP contribution in [0, 0.1) is 11.8 Å². The fraction of sp³-hybridized carbons (Fsp3) is 0.621. The molecule has 2 aromatic heterocycles. The van der Waals surface area contributed by atoms with E-state index in [1.165, 1.54) is 11.3 Å². The fourth-order valence-corrected chi connectivity index (χ4v) is 6.50. The number of hydrogen-bond acceptors (Lipinski definition) is 6. The molecule has 7 nitrogen and oxygen atoms in total. The van der Waals surface area contributed by atoms with Crippen LogP contribution in [0.1, 0.15) is 93.6 Å². The average molecular weight is 529 g/mol. The second-order valence-electron chi connectivity index (χ2n) is 11.6. The smallest absolute Gasteiger partial charge is 0.348 e. The van der Waals surface area contributed by atoms with E-state index >= 15 is 0 Å². The molecule has 2 aliphatic carbocycles. The van der Waals surface area contributed by atoms with Crippen molar-refractivity contribution >= 4 is 28.9 Å². The maximum Gasteiger partial charge on any atom is 0.348 e. The van der Waals surface area contributed by atoms with Gasteiger partial charge in [0, 0.05) is 29.0 Å². The highest BCUT2D eigenvalue weighted by Crippen LogP contribution is 2.42. The number of aromatic carboxylic acids is 1. The van der Waals surface area contributed by atoms with Gasteiger partial charge in [0.15, 0.2) is 0 Å². The summed E-state index contributed by atoms with van der Waals surface area (Å²) in [5.41, 5.74) is 0.377. The lowest BCUT2D eigenvalue weighted by molar-refractivity contribution is -0.124. The number of carboxylic acid groups (broad SMARTS) is 1. The van der Waals surface area contributed by atoms with Gasteiger partial charge in [-0.3, -0.25) is 4.79 Å². The standard InChI is InChI=1S/C29H40N2O5S/c1-18-9-11-19(12-10-18)27(32)31(22-17-23(29(2,3)4)37-26(22)28(33)34)20-13-15-21(16-14-20)36-25-8-6-7-24(30-25)35-5/h6-8,17-21H,9-16H2,1-5H3,(H,33,34).